The minimum absolute atomic E-state index is 0.334. The molecule has 0 aliphatic heterocycles. The molecule has 0 amide bonds. The quantitative estimate of drug-likeness (QED) is 0.584. The number of aryl methyl sites for hydroxylation is 1. The average Bonchev–Trinajstić information content (AvgIpc) is 2.17. The molecule has 1 aliphatic rings. The summed E-state index contributed by atoms with van der Waals surface area (Å²) >= 11 is 3.48. The van der Waals surface area contributed by atoms with E-state index in [1.165, 1.54) is 24.0 Å². The van der Waals surface area contributed by atoms with E-state index in [4.69, 9.17) is 5.84 Å². The summed E-state index contributed by atoms with van der Waals surface area (Å²) in [5.74, 6) is 5.50. The van der Waals surface area contributed by atoms with Gasteiger partial charge in [0.15, 0.2) is 0 Å². The third kappa shape index (κ3) is 1.77. The van der Waals surface area contributed by atoms with Crippen LogP contribution in [0.5, 0.6) is 0 Å². The van der Waals surface area contributed by atoms with Crippen LogP contribution >= 0.6 is 15.9 Å². The summed E-state index contributed by atoms with van der Waals surface area (Å²) in [5, 5.41) is 0. The molecule has 1 aliphatic carbocycles. The molecular weight excluding hydrogens is 228 g/mol. The van der Waals surface area contributed by atoms with Crippen LogP contribution in [0.3, 0.4) is 0 Å². The molecule has 1 atom stereocenters. The number of nitrogens with two attached hydrogens (primary N) is 1. The van der Waals surface area contributed by atoms with E-state index >= 15 is 0 Å². The topological polar surface area (TPSA) is 38.0 Å². The zero-order valence-corrected chi connectivity index (χ0v) is 8.97. The van der Waals surface area contributed by atoms with Gasteiger partial charge in [0.1, 0.15) is 0 Å². The maximum atomic E-state index is 5.50. The zero-order valence-electron chi connectivity index (χ0n) is 7.39. The number of halogens is 1. The number of hydrogen-bond acceptors (Lipinski definition) is 2. The molecule has 0 aromatic heterocycles. The first-order chi connectivity index (χ1) is 6.31. The van der Waals surface area contributed by atoms with Crippen molar-refractivity contribution in [1.82, 2.24) is 5.43 Å². The van der Waals surface area contributed by atoms with Crippen molar-refractivity contribution in [2.45, 2.75) is 25.3 Å². The van der Waals surface area contributed by atoms with Crippen molar-refractivity contribution in [3.05, 3.63) is 33.8 Å². The van der Waals surface area contributed by atoms with Gasteiger partial charge in [0.2, 0.25) is 0 Å². The Kier molecular flexibility index (Phi) is 2.67. The van der Waals surface area contributed by atoms with E-state index in [0.717, 1.165) is 10.9 Å². The molecule has 1 aromatic carbocycles. The first-order valence-electron chi connectivity index (χ1n) is 4.55. The highest BCUT2D eigenvalue weighted by Crippen LogP contribution is 2.30. The van der Waals surface area contributed by atoms with Gasteiger partial charge in [0, 0.05) is 10.5 Å². The van der Waals surface area contributed by atoms with Crippen molar-refractivity contribution in [1.29, 1.82) is 0 Å². The Bertz CT molecular complexity index is 312. The fraction of sp³-hybridized carbons (Fsp3) is 0.400. The molecule has 3 heteroatoms. The molecule has 2 nitrogen and oxygen atoms in total. The fourth-order valence-corrected chi connectivity index (χ4v) is 2.32. The van der Waals surface area contributed by atoms with Crippen LogP contribution in [0.1, 0.15) is 30.0 Å². The Labute approximate surface area is 86.6 Å². The van der Waals surface area contributed by atoms with Crippen LogP contribution in [0.15, 0.2) is 22.7 Å². The van der Waals surface area contributed by atoms with E-state index in [2.05, 4.69) is 39.6 Å². The molecule has 0 saturated carbocycles. The van der Waals surface area contributed by atoms with Gasteiger partial charge >= 0.3 is 0 Å². The van der Waals surface area contributed by atoms with Crippen LogP contribution in [0.25, 0.3) is 0 Å². The maximum Gasteiger partial charge on any atom is 0.0463 e. The lowest BCUT2D eigenvalue weighted by Gasteiger charge is -2.24. The van der Waals surface area contributed by atoms with Gasteiger partial charge in [0.25, 0.3) is 0 Å². The molecule has 0 unspecified atom stereocenters. The summed E-state index contributed by atoms with van der Waals surface area (Å²) in [6.07, 6.45) is 3.55. The molecule has 2 rings (SSSR count). The van der Waals surface area contributed by atoms with E-state index < -0.39 is 0 Å². The molecule has 70 valence electrons. The van der Waals surface area contributed by atoms with Gasteiger partial charge in [-0.25, -0.2) is 0 Å². The van der Waals surface area contributed by atoms with E-state index in [0.29, 0.717) is 6.04 Å². The molecule has 0 radical (unpaired) electrons. The minimum Gasteiger partial charge on any atom is -0.271 e. The van der Waals surface area contributed by atoms with E-state index in [1.54, 1.807) is 0 Å². The van der Waals surface area contributed by atoms with E-state index in [-0.39, 0.29) is 0 Å². The molecule has 3 N–H and O–H groups in total. The van der Waals surface area contributed by atoms with Crippen LogP contribution in [-0.4, -0.2) is 0 Å². The van der Waals surface area contributed by atoms with Crippen LogP contribution < -0.4 is 11.3 Å². The Morgan fingerprint density at radius 2 is 2.31 bits per heavy atom. The minimum atomic E-state index is 0.334. The number of nitrogens with one attached hydrogen (secondary N) is 1. The van der Waals surface area contributed by atoms with Crippen LogP contribution in [-0.2, 0) is 6.42 Å². The van der Waals surface area contributed by atoms with Gasteiger partial charge < -0.3 is 0 Å². The Hall–Kier alpha value is -0.380. The molecule has 13 heavy (non-hydrogen) atoms. The van der Waals surface area contributed by atoms with Crippen molar-refractivity contribution in [2.24, 2.45) is 5.84 Å². The first-order valence-corrected chi connectivity index (χ1v) is 5.35. The fourth-order valence-electron chi connectivity index (χ4n) is 1.94. The largest absolute Gasteiger partial charge is 0.271 e. The summed E-state index contributed by atoms with van der Waals surface area (Å²) in [4.78, 5) is 0. The first kappa shape index (κ1) is 9.19. The predicted molar refractivity (Wildman–Crippen MR) is 57.1 cm³/mol. The number of hydrazine groups is 1. The van der Waals surface area contributed by atoms with E-state index in [1.807, 2.05) is 0 Å². The predicted octanol–water partition coefficient (Wildman–Crippen LogP) is 2.29. The Morgan fingerprint density at radius 1 is 1.46 bits per heavy atom. The molecule has 0 saturated heterocycles. The highest BCUT2D eigenvalue weighted by molar-refractivity contribution is 9.10. The van der Waals surface area contributed by atoms with Crippen molar-refractivity contribution < 1.29 is 0 Å². The van der Waals surface area contributed by atoms with Gasteiger partial charge in [-0.2, -0.15) is 0 Å². The zero-order chi connectivity index (χ0) is 9.26. The molecule has 0 spiro atoms. The maximum absolute atomic E-state index is 5.50. The summed E-state index contributed by atoms with van der Waals surface area (Å²) in [5.41, 5.74) is 5.64. The monoisotopic (exact) mass is 240 g/mol. The number of benzene rings is 1. The number of rotatable bonds is 1. The van der Waals surface area contributed by atoms with Crippen LogP contribution in [0, 0.1) is 0 Å². The standard InChI is InChI=1S/C10H13BrN2/c11-8-5-4-7-2-1-3-10(13-12)9(7)6-8/h4-6,10,13H,1-3,12H2/t10-/m0/s1. The lowest BCUT2D eigenvalue weighted by atomic mass is 9.88. The third-order valence-corrected chi connectivity index (χ3v) is 3.12. The molecular formula is C10H13BrN2. The van der Waals surface area contributed by atoms with E-state index in [9.17, 15) is 0 Å². The smallest absolute Gasteiger partial charge is 0.0463 e. The van der Waals surface area contributed by atoms with Gasteiger partial charge in [-0.05, 0) is 42.5 Å². The second-order valence-corrected chi connectivity index (χ2v) is 4.37. The van der Waals surface area contributed by atoms with Gasteiger partial charge in [-0.3, -0.25) is 11.3 Å². The van der Waals surface area contributed by atoms with Gasteiger partial charge in [-0.15, -0.1) is 0 Å². The summed E-state index contributed by atoms with van der Waals surface area (Å²) in [7, 11) is 0. The summed E-state index contributed by atoms with van der Waals surface area (Å²) in [6.45, 7) is 0. The lowest BCUT2D eigenvalue weighted by molar-refractivity contribution is 0.471. The third-order valence-electron chi connectivity index (χ3n) is 2.62. The molecule has 0 heterocycles. The summed E-state index contributed by atoms with van der Waals surface area (Å²) < 4.78 is 1.13. The highest BCUT2D eigenvalue weighted by atomic mass is 79.9. The second kappa shape index (κ2) is 3.78. The number of hydrogen-bond donors (Lipinski definition) is 2. The molecule has 0 bridgehead atoms. The average molecular weight is 241 g/mol. The number of fused-ring (bicyclic) bond motifs is 1. The van der Waals surface area contributed by atoms with Gasteiger partial charge in [0.05, 0.1) is 0 Å². The van der Waals surface area contributed by atoms with Crippen molar-refractivity contribution in [3.63, 3.8) is 0 Å². The molecule has 0 fully saturated rings. The van der Waals surface area contributed by atoms with Crippen molar-refractivity contribution >= 4 is 15.9 Å². The van der Waals surface area contributed by atoms with Crippen LogP contribution in [0.4, 0.5) is 0 Å². The van der Waals surface area contributed by atoms with Gasteiger partial charge in [-0.1, -0.05) is 22.0 Å². The second-order valence-electron chi connectivity index (χ2n) is 3.45. The normalized spacial score (nSPS) is 21.2. The molecule has 1 aromatic rings. The SMILES string of the molecule is NN[C@H]1CCCc2ccc(Br)cc21. The summed E-state index contributed by atoms with van der Waals surface area (Å²) in [6, 6.07) is 6.78. The van der Waals surface area contributed by atoms with Crippen molar-refractivity contribution in [2.75, 3.05) is 0 Å². The Morgan fingerprint density at radius 3 is 3.08 bits per heavy atom. The van der Waals surface area contributed by atoms with Crippen LogP contribution in [0.2, 0.25) is 0 Å². The van der Waals surface area contributed by atoms with Crippen molar-refractivity contribution in [3.8, 4) is 0 Å². The highest BCUT2D eigenvalue weighted by Gasteiger charge is 2.18. The lowest BCUT2D eigenvalue weighted by Crippen LogP contribution is -2.30. The Balaban J connectivity index is 2.41.